The van der Waals surface area contributed by atoms with Crippen LogP contribution in [0.5, 0.6) is 0 Å². The second-order valence-corrected chi connectivity index (χ2v) is 3.92. The van der Waals surface area contributed by atoms with Crippen LogP contribution in [0.2, 0.25) is 0 Å². The Morgan fingerprint density at radius 3 is 2.43 bits per heavy atom. The van der Waals surface area contributed by atoms with Crippen LogP contribution in [0.3, 0.4) is 0 Å². The summed E-state index contributed by atoms with van der Waals surface area (Å²) in [5.41, 5.74) is 0. The predicted molar refractivity (Wildman–Crippen MR) is 44.8 cm³/mol. The third-order valence-electron chi connectivity index (χ3n) is 3.12. The van der Waals surface area contributed by atoms with Crippen molar-refractivity contribution < 1.29 is 24.5 Å². The monoisotopic (exact) mass is 200 g/mol. The summed E-state index contributed by atoms with van der Waals surface area (Å²) in [5.74, 6) is -2.84. The van der Waals surface area contributed by atoms with E-state index < -0.39 is 17.9 Å². The number of carbonyl (C=O) groups is 2. The van der Waals surface area contributed by atoms with Gasteiger partial charge in [0.25, 0.3) is 0 Å². The Morgan fingerprint density at radius 1 is 1.21 bits per heavy atom. The average Bonchev–Trinajstić information content (AvgIpc) is 2.61. The molecule has 0 aliphatic carbocycles. The van der Waals surface area contributed by atoms with Crippen LogP contribution < -0.4 is 0 Å². The smallest absolute Gasteiger partial charge is 0.309 e. The summed E-state index contributed by atoms with van der Waals surface area (Å²) in [6.07, 6.45) is 1.03. The first kappa shape index (κ1) is 9.45. The molecule has 2 rings (SSSR count). The molecule has 4 unspecified atom stereocenters. The van der Waals surface area contributed by atoms with Gasteiger partial charge in [0.05, 0.1) is 24.5 Å². The fraction of sp³-hybridized carbons (Fsp3) is 0.778. The van der Waals surface area contributed by atoms with Crippen molar-refractivity contribution in [2.75, 3.05) is 0 Å². The Morgan fingerprint density at radius 2 is 1.86 bits per heavy atom. The minimum absolute atomic E-state index is 0.0991. The fourth-order valence-corrected chi connectivity index (χ4v) is 2.58. The van der Waals surface area contributed by atoms with E-state index in [4.69, 9.17) is 14.9 Å². The zero-order valence-electron chi connectivity index (χ0n) is 7.55. The summed E-state index contributed by atoms with van der Waals surface area (Å²) in [6.45, 7) is 0. The Bertz CT molecular complexity index is 274. The first-order valence-corrected chi connectivity index (χ1v) is 4.69. The minimum Gasteiger partial charge on any atom is -0.481 e. The van der Waals surface area contributed by atoms with E-state index in [2.05, 4.69) is 0 Å². The standard InChI is InChI=1S/C9H12O5/c10-7(11)3-4-5-1-2-6(14-5)8(4)9(12)13/h4-6,8H,1-3H2,(H,10,11)(H,12,13). The molecule has 14 heavy (non-hydrogen) atoms. The van der Waals surface area contributed by atoms with Crippen molar-refractivity contribution in [1.29, 1.82) is 0 Å². The molecule has 2 N–H and O–H groups in total. The molecule has 2 aliphatic heterocycles. The Kier molecular flexibility index (Phi) is 2.19. The van der Waals surface area contributed by atoms with Crippen molar-refractivity contribution in [3.63, 3.8) is 0 Å². The number of ether oxygens (including phenoxy) is 1. The first-order valence-electron chi connectivity index (χ1n) is 4.69. The Balaban J connectivity index is 2.13. The van der Waals surface area contributed by atoms with Crippen LogP contribution in [0.15, 0.2) is 0 Å². The van der Waals surface area contributed by atoms with E-state index in [9.17, 15) is 9.59 Å². The van der Waals surface area contributed by atoms with Crippen LogP contribution in [0.1, 0.15) is 19.3 Å². The van der Waals surface area contributed by atoms with Gasteiger partial charge in [-0.25, -0.2) is 0 Å². The van der Waals surface area contributed by atoms with Gasteiger partial charge in [-0.05, 0) is 12.8 Å². The summed E-state index contributed by atoms with van der Waals surface area (Å²) in [5, 5.41) is 17.6. The van der Waals surface area contributed by atoms with E-state index in [1.807, 2.05) is 0 Å². The number of carboxylic acids is 2. The lowest BCUT2D eigenvalue weighted by atomic mass is 9.77. The van der Waals surface area contributed by atoms with Gasteiger partial charge in [0.15, 0.2) is 0 Å². The molecule has 0 aromatic carbocycles. The molecule has 0 aromatic heterocycles. The zero-order chi connectivity index (χ0) is 10.3. The molecule has 0 saturated carbocycles. The third-order valence-corrected chi connectivity index (χ3v) is 3.12. The van der Waals surface area contributed by atoms with Crippen LogP contribution >= 0.6 is 0 Å². The number of rotatable bonds is 3. The molecule has 5 nitrogen and oxygen atoms in total. The number of carboxylic acid groups (broad SMARTS) is 2. The van der Waals surface area contributed by atoms with Gasteiger partial charge in [0.1, 0.15) is 0 Å². The van der Waals surface area contributed by atoms with E-state index in [1.165, 1.54) is 0 Å². The highest BCUT2D eigenvalue weighted by Crippen LogP contribution is 2.44. The predicted octanol–water partition coefficient (Wildman–Crippen LogP) is 0.339. The summed E-state index contributed by atoms with van der Waals surface area (Å²) >= 11 is 0. The van der Waals surface area contributed by atoms with Gasteiger partial charge in [-0.15, -0.1) is 0 Å². The first-order chi connectivity index (χ1) is 6.59. The van der Waals surface area contributed by atoms with E-state index >= 15 is 0 Å². The fourth-order valence-electron chi connectivity index (χ4n) is 2.58. The van der Waals surface area contributed by atoms with Gasteiger partial charge in [-0.1, -0.05) is 0 Å². The van der Waals surface area contributed by atoms with Crippen LogP contribution in [0.4, 0.5) is 0 Å². The number of hydrogen-bond donors (Lipinski definition) is 2. The van der Waals surface area contributed by atoms with Crippen molar-refractivity contribution in [2.45, 2.75) is 31.5 Å². The molecule has 2 fully saturated rings. The zero-order valence-corrected chi connectivity index (χ0v) is 7.55. The van der Waals surface area contributed by atoms with Crippen molar-refractivity contribution in [1.82, 2.24) is 0 Å². The molecule has 2 aliphatic rings. The molecule has 0 amide bonds. The van der Waals surface area contributed by atoms with Gasteiger partial charge in [-0.2, -0.15) is 0 Å². The van der Waals surface area contributed by atoms with E-state index in [0.29, 0.717) is 0 Å². The maximum Gasteiger partial charge on any atom is 0.309 e. The normalized spacial score (nSPS) is 40.0. The van der Waals surface area contributed by atoms with E-state index in [1.54, 1.807) is 0 Å². The average molecular weight is 200 g/mol. The second kappa shape index (κ2) is 3.24. The van der Waals surface area contributed by atoms with Crippen molar-refractivity contribution in [3.8, 4) is 0 Å². The van der Waals surface area contributed by atoms with Crippen molar-refractivity contribution in [2.24, 2.45) is 11.8 Å². The molecule has 0 spiro atoms. The Labute approximate surface area is 80.7 Å². The van der Waals surface area contributed by atoms with Crippen LogP contribution in [-0.4, -0.2) is 34.4 Å². The number of aliphatic carboxylic acids is 2. The Hall–Kier alpha value is -1.10. The van der Waals surface area contributed by atoms with Crippen LogP contribution in [0.25, 0.3) is 0 Å². The van der Waals surface area contributed by atoms with Crippen molar-refractivity contribution in [3.05, 3.63) is 0 Å². The molecule has 2 bridgehead atoms. The molecular formula is C9H12O5. The highest BCUT2D eigenvalue weighted by molar-refractivity contribution is 5.74. The lowest BCUT2D eigenvalue weighted by Gasteiger charge is -2.22. The lowest BCUT2D eigenvalue weighted by Crippen LogP contribution is -2.34. The molecule has 2 saturated heterocycles. The molecule has 2 heterocycles. The SMILES string of the molecule is O=C(O)CC1C2CCC(O2)C1C(=O)O. The summed E-state index contributed by atoms with van der Waals surface area (Å²) in [4.78, 5) is 21.5. The van der Waals surface area contributed by atoms with E-state index in [0.717, 1.165) is 12.8 Å². The highest BCUT2D eigenvalue weighted by atomic mass is 16.5. The largest absolute Gasteiger partial charge is 0.481 e. The van der Waals surface area contributed by atoms with Gasteiger partial charge in [0.2, 0.25) is 0 Å². The topological polar surface area (TPSA) is 83.8 Å². The maximum atomic E-state index is 10.9. The minimum atomic E-state index is -0.947. The van der Waals surface area contributed by atoms with Gasteiger partial charge in [-0.3, -0.25) is 9.59 Å². The summed E-state index contributed by atoms with van der Waals surface area (Å²) in [7, 11) is 0. The maximum absolute atomic E-state index is 10.9. The molecule has 0 aromatic rings. The second-order valence-electron chi connectivity index (χ2n) is 3.92. The van der Waals surface area contributed by atoms with Crippen LogP contribution in [-0.2, 0) is 14.3 Å². The number of hydrogen-bond acceptors (Lipinski definition) is 3. The molecule has 4 atom stereocenters. The van der Waals surface area contributed by atoms with Gasteiger partial charge >= 0.3 is 11.9 Å². The summed E-state index contributed by atoms with van der Waals surface area (Å²) in [6, 6.07) is 0. The summed E-state index contributed by atoms with van der Waals surface area (Å²) < 4.78 is 5.42. The molecule has 0 radical (unpaired) electrons. The third kappa shape index (κ3) is 1.37. The molecular weight excluding hydrogens is 188 g/mol. The van der Waals surface area contributed by atoms with Gasteiger partial charge in [0, 0.05) is 5.92 Å². The van der Waals surface area contributed by atoms with Crippen molar-refractivity contribution >= 4 is 11.9 Å². The van der Waals surface area contributed by atoms with Crippen LogP contribution in [0, 0.1) is 11.8 Å². The molecule has 5 heteroatoms. The lowest BCUT2D eigenvalue weighted by molar-refractivity contribution is -0.146. The number of fused-ring (bicyclic) bond motifs is 2. The van der Waals surface area contributed by atoms with Gasteiger partial charge < -0.3 is 14.9 Å². The quantitative estimate of drug-likeness (QED) is 0.686. The van der Waals surface area contributed by atoms with E-state index in [-0.39, 0.29) is 24.5 Å². The molecule has 78 valence electrons. The highest BCUT2D eigenvalue weighted by Gasteiger charge is 2.52.